The molecule has 1 fully saturated rings. The van der Waals surface area contributed by atoms with Gasteiger partial charge in [-0.05, 0) is 69.1 Å². The second kappa shape index (κ2) is 5.05. The molecular weight excluding hydrogens is 218 g/mol. The van der Waals surface area contributed by atoms with Crippen LogP contribution in [0.4, 0.5) is 0 Å². The minimum absolute atomic E-state index is 0.467. The van der Waals surface area contributed by atoms with Gasteiger partial charge in [0.25, 0.3) is 0 Å². The van der Waals surface area contributed by atoms with Crippen molar-refractivity contribution in [2.75, 3.05) is 6.54 Å². The third-order valence-corrected chi connectivity index (χ3v) is 4.66. The Morgan fingerprint density at radius 2 is 1.72 bits per heavy atom. The van der Waals surface area contributed by atoms with Gasteiger partial charge in [-0.2, -0.15) is 0 Å². The van der Waals surface area contributed by atoms with Crippen LogP contribution in [0.25, 0.3) is 0 Å². The van der Waals surface area contributed by atoms with Gasteiger partial charge in [0.15, 0.2) is 0 Å². The van der Waals surface area contributed by atoms with Crippen molar-refractivity contribution in [3.63, 3.8) is 0 Å². The molecule has 0 saturated heterocycles. The lowest BCUT2D eigenvalue weighted by molar-refractivity contribution is 0.414. The lowest BCUT2D eigenvalue weighted by Crippen LogP contribution is -2.27. The zero-order valence-corrected chi connectivity index (χ0v) is 12.6. The van der Waals surface area contributed by atoms with Crippen LogP contribution in [0.15, 0.2) is 12.1 Å². The van der Waals surface area contributed by atoms with Crippen molar-refractivity contribution in [3.05, 3.63) is 34.4 Å². The standard InChI is InChI=1S/C17H27N/c1-6-17(7-8-17)11-18-15(5)16-13(3)9-12(2)10-14(16)4/h9-10,15,18H,6-8,11H2,1-5H3. The average molecular weight is 245 g/mol. The molecular formula is C17H27N. The fourth-order valence-corrected chi connectivity index (χ4v) is 3.18. The first-order valence-electron chi connectivity index (χ1n) is 7.28. The topological polar surface area (TPSA) is 12.0 Å². The van der Waals surface area contributed by atoms with Crippen LogP contribution in [0.2, 0.25) is 0 Å². The van der Waals surface area contributed by atoms with Crippen LogP contribution in [0, 0.1) is 26.2 Å². The predicted molar refractivity (Wildman–Crippen MR) is 79.0 cm³/mol. The normalized spacial score (nSPS) is 18.7. The highest BCUT2D eigenvalue weighted by Gasteiger charge is 2.40. The highest BCUT2D eigenvalue weighted by atomic mass is 14.9. The minimum Gasteiger partial charge on any atom is -0.310 e. The molecule has 1 N–H and O–H groups in total. The van der Waals surface area contributed by atoms with E-state index in [1.54, 1.807) is 0 Å². The molecule has 0 aliphatic heterocycles. The monoisotopic (exact) mass is 245 g/mol. The summed E-state index contributed by atoms with van der Waals surface area (Å²) in [6.07, 6.45) is 4.14. The molecule has 1 unspecified atom stereocenters. The van der Waals surface area contributed by atoms with E-state index in [2.05, 4.69) is 52.1 Å². The van der Waals surface area contributed by atoms with E-state index in [0.29, 0.717) is 11.5 Å². The molecule has 0 heterocycles. The molecule has 0 bridgehead atoms. The highest BCUT2D eigenvalue weighted by Crippen LogP contribution is 2.48. The van der Waals surface area contributed by atoms with Gasteiger partial charge in [0.2, 0.25) is 0 Å². The van der Waals surface area contributed by atoms with E-state index in [-0.39, 0.29) is 0 Å². The smallest absolute Gasteiger partial charge is 0.0297 e. The molecule has 1 nitrogen and oxygen atoms in total. The van der Waals surface area contributed by atoms with Gasteiger partial charge < -0.3 is 5.32 Å². The summed E-state index contributed by atoms with van der Waals surface area (Å²) in [6, 6.07) is 5.06. The Bertz CT molecular complexity index is 406. The zero-order chi connectivity index (χ0) is 13.3. The maximum absolute atomic E-state index is 3.75. The van der Waals surface area contributed by atoms with Crippen LogP contribution in [-0.2, 0) is 0 Å². The van der Waals surface area contributed by atoms with Gasteiger partial charge in [0.05, 0.1) is 0 Å². The summed E-state index contributed by atoms with van der Waals surface area (Å²) < 4.78 is 0. The van der Waals surface area contributed by atoms with Crippen LogP contribution in [0.5, 0.6) is 0 Å². The Balaban J connectivity index is 2.07. The predicted octanol–water partition coefficient (Wildman–Crippen LogP) is 4.45. The number of aryl methyl sites for hydroxylation is 3. The fourth-order valence-electron chi connectivity index (χ4n) is 3.18. The number of rotatable bonds is 5. The van der Waals surface area contributed by atoms with E-state index in [1.807, 2.05) is 0 Å². The summed E-state index contributed by atoms with van der Waals surface area (Å²) in [6.45, 7) is 12.5. The molecule has 18 heavy (non-hydrogen) atoms. The molecule has 1 aromatic carbocycles. The molecule has 1 aliphatic carbocycles. The van der Waals surface area contributed by atoms with Crippen LogP contribution >= 0.6 is 0 Å². The second-order valence-electron chi connectivity index (χ2n) is 6.27. The maximum Gasteiger partial charge on any atom is 0.0297 e. The molecule has 0 aromatic heterocycles. The molecule has 1 saturated carbocycles. The maximum atomic E-state index is 3.75. The van der Waals surface area contributed by atoms with Gasteiger partial charge in [-0.3, -0.25) is 0 Å². The number of benzene rings is 1. The Labute approximate surface area is 112 Å². The van der Waals surface area contributed by atoms with Gasteiger partial charge >= 0.3 is 0 Å². The number of hydrogen-bond acceptors (Lipinski definition) is 1. The molecule has 1 aliphatic rings. The second-order valence-corrected chi connectivity index (χ2v) is 6.27. The van der Waals surface area contributed by atoms with E-state index in [1.165, 1.54) is 48.1 Å². The first-order chi connectivity index (χ1) is 8.47. The van der Waals surface area contributed by atoms with Crippen molar-refractivity contribution in [1.29, 1.82) is 0 Å². The van der Waals surface area contributed by atoms with Crippen LogP contribution in [0.1, 0.15) is 61.4 Å². The van der Waals surface area contributed by atoms with E-state index < -0.39 is 0 Å². The molecule has 1 heteroatoms. The summed E-state index contributed by atoms with van der Waals surface area (Å²) >= 11 is 0. The molecule has 100 valence electrons. The summed E-state index contributed by atoms with van der Waals surface area (Å²) in [5.74, 6) is 0. The summed E-state index contributed by atoms with van der Waals surface area (Å²) in [5.41, 5.74) is 6.34. The molecule has 0 amide bonds. The number of nitrogens with one attached hydrogen (secondary N) is 1. The Morgan fingerprint density at radius 1 is 1.17 bits per heavy atom. The van der Waals surface area contributed by atoms with E-state index in [0.717, 1.165) is 0 Å². The van der Waals surface area contributed by atoms with Crippen molar-refractivity contribution in [3.8, 4) is 0 Å². The third kappa shape index (κ3) is 2.77. The first kappa shape index (κ1) is 13.6. The number of hydrogen-bond donors (Lipinski definition) is 1. The van der Waals surface area contributed by atoms with E-state index >= 15 is 0 Å². The molecule has 1 atom stereocenters. The van der Waals surface area contributed by atoms with Crippen molar-refractivity contribution in [1.82, 2.24) is 5.32 Å². The summed E-state index contributed by atoms with van der Waals surface area (Å²) in [7, 11) is 0. The molecule has 0 spiro atoms. The first-order valence-corrected chi connectivity index (χ1v) is 7.28. The van der Waals surface area contributed by atoms with Gasteiger partial charge in [-0.25, -0.2) is 0 Å². The van der Waals surface area contributed by atoms with E-state index in [4.69, 9.17) is 0 Å². The van der Waals surface area contributed by atoms with Crippen molar-refractivity contribution in [2.45, 2.75) is 59.9 Å². The van der Waals surface area contributed by atoms with Gasteiger partial charge in [-0.1, -0.05) is 24.6 Å². The summed E-state index contributed by atoms with van der Waals surface area (Å²) in [4.78, 5) is 0. The van der Waals surface area contributed by atoms with Crippen molar-refractivity contribution in [2.24, 2.45) is 5.41 Å². The lowest BCUT2D eigenvalue weighted by atomic mass is 9.94. The molecule has 1 aromatic rings. The lowest BCUT2D eigenvalue weighted by Gasteiger charge is -2.22. The average Bonchev–Trinajstić information content (AvgIpc) is 3.05. The van der Waals surface area contributed by atoms with Gasteiger partial charge in [-0.15, -0.1) is 0 Å². The molecule has 2 rings (SSSR count). The SMILES string of the molecule is CCC1(CNC(C)c2c(C)cc(C)cc2C)CC1. The van der Waals surface area contributed by atoms with E-state index in [9.17, 15) is 0 Å². The van der Waals surface area contributed by atoms with Crippen molar-refractivity contribution < 1.29 is 0 Å². The Hall–Kier alpha value is -0.820. The zero-order valence-electron chi connectivity index (χ0n) is 12.6. The fraction of sp³-hybridized carbons (Fsp3) is 0.647. The van der Waals surface area contributed by atoms with Gasteiger partial charge in [0, 0.05) is 12.6 Å². The van der Waals surface area contributed by atoms with Crippen LogP contribution in [-0.4, -0.2) is 6.54 Å². The van der Waals surface area contributed by atoms with Crippen LogP contribution < -0.4 is 5.32 Å². The van der Waals surface area contributed by atoms with Crippen LogP contribution in [0.3, 0.4) is 0 Å². The summed E-state index contributed by atoms with van der Waals surface area (Å²) in [5, 5.41) is 3.75. The highest BCUT2D eigenvalue weighted by molar-refractivity contribution is 5.39. The largest absolute Gasteiger partial charge is 0.310 e. The quantitative estimate of drug-likeness (QED) is 0.808. The Morgan fingerprint density at radius 3 is 2.17 bits per heavy atom. The minimum atomic E-state index is 0.467. The third-order valence-electron chi connectivity index (χ3n) is 4.66. The Kier molecular flexibility index (Phi) is 3.82. The molecule has 0 radical (unpaired) electrons. The van der Waals surface area contributed by atoms with Gasteiger partial charge in [0.1, 0.15) is 0 Å². The van der Waals surface area contributed by atoms with Crippen molar-refractivity contribution >= 4 is 0 Å².